The van der Waals surface area contributed by atoms with E-state index in [0.29, 0.717) is 0 Å². The van der Waals surface area contributed by atoms with Gasteiger partial charge in [0.2, 0.25) is 5.91 Å². The highest BCUT2D eigenvalue weighted by Crippen LogP contribution is 2.14. The highest BCUT2D eigenvalue weighted by molar-refractivity contribution is 5.92. The molecule has 0 aliphatic rings. The van der Waals surface area contributed by atoms with Crippen LogP contribution in [0.2, 0.25) is 0 Å². The molecule has 0 fully saturated rings. The Morgan fingerprint density at radius 1 is 1.47 bits per heavy atom. The minimum Gasteiger partial charge on any atom is -0.333 e. The largest absolute Gasteiger partial charge is 0.333 e. The molecule has 1 amide bonds. The first kappa shape index (κ1) is 13.3. The van der Waals surface area contributed by atoms with E-state index in [1.807, 2.05) is 48.9 Å². The normalized spacial score (nSPS) is 12.1. The molecule has 2 rings (SSSR count). The monoisotopic (exact) mass is 257 g/mol. The van der Waals surface area contributed by atoms with Crippen molar-refractivity contribution in [2.24, 2.45) is 5.92 Å². The molecule has 1 atom stereocenters. The number of hydrogen-bond donors (Lipinski definition) is 1. The van der Waals surface area contributed by atoms with Gasteiger partial charge >= 0.3 is 0 Å². The molecule has 0 radical (unpaired) electrons. The van der Waals surface area contributed by atoms with Crippen molar-refractivity contribution in [3.63, 3.8) is 0 Å². The lowest BCUT2D eigenvalue weighted by molar-refractivity contribution is -0.119. The molecular weight excluding hydrogens is 238 g/mol. The SMILES string of the molecule is CCC(C)C(=O)Nc1cccc(Cn2ccnc2)c1. The maximum atomic E-state index is 11.8. The van der Waals surface area contributed by atoms with Crippen LogP contribution in [0.1, 0.15) is 25.8 Å². The lowest BCUT2D eigenvalue weighted by atomic mass is 10.1. The summed E-state index contributed by atoms with van der Waals surface area (Å²) in [5, 5.41) is 2.95. The van der Waals surface area contributed by atoms with Crippen LogP contribution >= 0.6 is 0 Å². The van der Waals surface area contributed by atoms with E-state index in [9.17, 15) is 4.79 Å². The summed E-state index contributed by atoms with van der Waals surface area (Å²) in [6.45, 7) is 4.71. The van der Waals surface area contributed by atoms with E-state index >= 15 is 0 Å². The quantitative estimate of drug-likeness (QED) is 0.895. The molecule has 4 heteroatoms. The van der Waals surface area contributed by atoms with Crippen LogP contribution in [-0.2, 0) is 11.3 Å². The van der Waals surface area contributed by atoms with Gasteiger partial charge in [-0.25, -0.2) is 4.98 Å². The molecule has 0 saturated heterocycles. The second kappa shape index (κ2) is 6.18. The van der Waals surface area contributed by atoms with E-state index in [0.717, 1.165) is 24.2 Å². The topological polar surface area (TPSA) is 46.9 Å². The molecule has 4 nitrogen and oxygen atoms in total. The number of benzene rings is 1. The zero-order valence-corrected chi connectivity index (χ0v) is 11.3. The first-order valence-corrected chi connectivity index (χ1v) is 6.54. The summed E-state index contributed by atoms with van der Waals surface area (Å²) in [5.74, 6) is 0.111. The summed E-state index contributed by atoms with van der Waals surface area (Å²) < 4.78 is 2.00. The third-order valence-corrected chi connectivity index (χ3v) is 3.18. The van der Waals surface area contributed by atoms with Crippen LogP contribution < -0.4 is 5.32 Å². The smallest absolute Gasteiger partial charge is 0.227 e. The number of rotatable bonds is 5. The van der Waals surface area contributed by atoms with Crippen LogP contribution in [0.5, 0.6) is 0 Å². The van der Waals surface area contributed by atoms with E-state index < -0.39 is 0 Å². The Labute approximate surface area is 113 Å². The third kappa shape index (κ3) is 3.68. The number of hydrogen-bond acceptors (Lipinski definition) is 2. The minimum absolute atomic E-state index is 0.0392. The Hall–Kier alpha value is -2.10. The van der Waals surface area contributed by atoms with Crippen molar-refractivity contribution in [2.45, 2.75) is 26.8 Å². The molecule has 1 aromatic carbocycles. The highest BCUT2D eigenvalue weighted by Gasteiger charge is 2.10. The summed E-state index contributed by atoms with van der Waals surface area (Å²) >= 11 is 0. The van der Waals surface area contributed by atoms with Crippen LogP contribution in [0.15, 0.2) is 43.0 Å². The predicted octanol–water partition coefficient (Wildman–Crippen LogP) is 2.92. The molecule has 1 aromatic heterocycles. The van der Waals surface area contributed by atoms with E-state index in [1.165, 1.54) is 0 Å². The number of aromatic nitrogens is 2. The van der Waals surface area contributed by atoms with Crippen molar-refractivity contribution in [3.8, 4) is 0 Å². The average molecular weight is 257 g/mol. The highest BCUT2D eigenvalue weighted by atomic mass is 16.1. The number of imidazole rings is 1. The van der Waals surface area contributed by atoms with Crippen molar-refractivity contribution in [2.75, 3.05) is 5.32 Å². The van der Waals surface area contributed by atoms with Crippen molar-refractivity contribution in [1.82, 2.24) is 9.55 Å². The summed E-state index contributed by atoms with van der Waals surface area (Å²) in [7, 11) is 0. The van der Waals surface area contributed by atoms with Gasteiger partial charge in [0, 0.05) is 30.5 Å². The van der Waals surface area contributed by atoms with Gasteiger partial charge in [0.05, 0.1) is 6.33 Å². The van der Waals surface area contributed by atoms with Crippen LogP contribution in [0, 0.1) is 5.92 Å². The lowest BCUT2D eigenvalue weighted by Crippen LogP contribution is -2.19. The summed E-state index contributed by atoms with van der Waals surface area (Å²) in [6.07, 6.45) is 6.31. The summed E-state index contributed by atoms with van der Waals surface area (Å²) in [6, 6.07) is 7.91. The lowest BCUT2D eigenvalue weighted by Gasteiger charge is -2.11. The van der Waals surface area contributed by atoms with Crippen LogP contribution in [0.3, 0.4) is 0 Å². The van der Waals surface area contributed by atoms with E-state index in [-0.39, 0.29) is 11.8 Å². The maximum Gasteiger partial charge on any atom is 0.227 e. The standard InChI is InChI=1S/C15H19N3O/c1-3-12(2)15(19)17-14-6-4-5-13(9-14)10-18-8-7-16-11-18/h4-9,11-12H,3,10H2,1-2H3,(H,17,19). The molecule has 1 N–H and O–H groups in total. The van der Waals surface area contributed by atoms with Gasteiger partial charge in [-0.1, -0.05) is 26.0 Å². The molecule has 2 aromatic rings. The predicted molar refractivity (Wildman–Crippen MR) is 75.9 cm³/mol. The second-order valence-electron chi connectivity index (χ2n) is 4.73. The Morgan fingerprint density at radius 2 is 2.32 bits per heavy atom. The number of carbonyl (C=O) groups excluding carboxylic acids is 1. The minimum atomic E-state index is 0.0392. The summed E-state index contributed by atoms with van der Waals surface area (Å²) in [5.41, 5.74) is 1.99. The van der Waals surface area contributed by atoms with Crippen molar-refractivity contribution in [3.05, 3.63) is 48.5 Å². The van der Waals surface area contributed by atoms with Crippen LogP contribution in [0.4, 0.5) is 5.69 Å². The molecule has 1 unspecified atom stereocenters. The van der Waals surface area contributed by atoms with Gasteiger partial charge < -0.3 is 9.88 Å². The van der Waals surface area contributed by atoms with Gasteiger partial charge in [-0.15, -0.1) is 0 Å². The fraction of sp³-hybridized carbons (Fsp3) is 0.333. The van der Waals surface area contributed by atoms with Gasteiger partial charge in [0.25, 0.3) is 0 Å². The molecule has 0 spiro atoms. The van der Waals surface area contributed by atoms with E-state index in [2.05, 4.69) is 10.3 Å². The number of carbonyl (C=O) groups is 1. The Morgan fingerprint density at radius 3 is 3.00 bits per heavy atom. The van der Waals surface area contributed by atoms with E-state index in [4.69, 9.17) is 0 Å². The first-order valence-electron chi connectivity index (χ1n) is 6.54. The zero-order valence-electron chi connectivity index (χ0n) is 11.3. The van der Waals surface area contributed by atoms with Crippen LogP contribution in [0.25, 0.3) is 0 Å². The molecule has 0 aliphatic heterocycles. The number of amides is 1. The molecule has 0 aliphatic carbocycles. The average Bonchev–Trinajstić information content (AvgIpc) is 2.91. The molecule has 0 saturated carbocycles. The Bertz CT molecular complexity index is 534. The number of nitrogens with one attached hydrogen (secondary N) is 1. The van der Waals surface area contributed by atoms with E-state index in [1.54, 1.807) is 12.5 Å². The molecule has 100 valence electrons. The van der Waals surface area contributed by atoms with Crippen LogP contribution in [-0.4, -0.2) is 15.5 Å². The van der Waals surface area contributed by atoms with Gasteiger partial charge in [-0.05, 0) is 24.1 Å². The Balaban J connectivity index is 2.05. The van der Waals surface area contributed by atoms with Gasteiger partial charge in [0.15, 0.2) is 0 Å². The molecule has 19 heavy (non-hydrogen) atoms. The molecule has 0 bridgehead atoms. The maximum absolute atomic E-state index is 11.8. The first-order chi connectivity index (χ1) is 9.19. The van der Waals surface area contributed by atoms with Crippen molar-refractivity contribution >= 4 is 11.6 Å². The third-order valence-electron chi connectivity index (χ3n) is 3.18. The number of nitrogens with zero attached hydrogens (tertiary/aromatic N) is 2. The second-order valence-corrected chi connectivity index (χ2v) is 4.73. The van der Waals surface area contributed by atoms with Gasteiger partial charge in [-0.3, -0.25) is 4.79 Å². The summed E-state index contributed by atoms with van der Waals surface area (Å²) in [4.78, 5) is 15.9. The van der Waals surface area contributed by atoms with Crippen molar-refractivity contribution < 1.29 is 4.79 Å². The van der Waals surface area contributed by atoms with Gasteiger partial charge in [0.1, 0.15) is 0 Å². The van der Waals surface area contributed by atoms with Gasteiger partial charge in [-0.2, -0.15) is 0 Å². The molecular formula is C15H19N3O. The van der Waals surface area contributed by atoms with Crippen molar-refractivity contribution in [1.29, 1.82) is 0 Å². The fourth-order valence-electron chi connectivity index (χ4n) is 1.79. The Kier molecular flexibility index (Phi) is 4.34. The number of anilines is 1. The molecule has 1 heterocycles. The zero-order chi connectivity index (χ0) is 13.7. The fourth-order valence-corrected chi connectivity index (χ4v) is 1.79.